The average molecular weight is 365 g/mol. The van der Waals surface area contributed by atoms with Crippen molar-refractivity contribution < 1.29 is 22.8 Å². The lowest BCUT2D eigenvalue weighted by atomic mass is 10.2. The number of amides is 2. The fraction of sp³-hybridized carbons (Fsp3) is 0.222. The molecule has 0 radical (unpaired) electrons. The van der Waals surface area contributed by atoms with E-state index in [4.69, 9.17) is 0 Å². The van der Waals surface area contributed by atoms with Crippen LogP contribution in [0.3, 0.4) is 0 Å². The molecule has 2 aromatic rings. The normalized spacial score (nSPS) is 11.0. The van der Waals surface area contributed by atoms with Gasteiger partial charge < -0.3 is 15.5 Å². The molecule has 0 aliphatic rings. The third kappa shape index (κ3) is 5.23. The molecular formula is C18H18F3N3O2. The molecule has 2 aromatic carbocycles. The summed E-state index contributed by atoms with van der Waals surface area (Å²) in [6.07, 6.45) is -4.45. The van der Waals surface area contributed by atoms with Gasteiger partial charge in [0.25, 0.3) is 5.91 Å². The van der Waals surface area contributed by atoms with Crippen LogP contribution in [0.1, 0.15) is 15.9 Å². The number of alkyl halides is 3. The Morgan fingerprint density at radius 3 is 2.31 bits per heavy atom. The van der Waals surface area contributed by atoms with Gasteiger partial charge in [-0.3, -0.25) is 9.59 Å². The van der Waals surface area contributed by atoms with Crippen molar-refractivity contribution in [3.8, 4) is 0 Å². The highest BCUT2D eigenvalue weighted by Crippen LogP contribution is 2.30. The Morgan fingerprint density at radius 2 is 1.65 bits per heavy atom. The Labute approximate surface area is 148 Å². The van der Waals surface area contributed by atoms with E-state index < -0.39 is 17.6 Å². The number of benzene rings is 2. The van der Waals surface area contributed by atoms with E-state index in [1.807, 2.05) is 0 Å². The summed E-state index contributed by atoms with van der Waals surface area (Å²) in [4.78, 5) is 25.3. The van der Waals surface area contributed by atoms with E-state index in [-0.39, 0.29) is 18.1 Å². The zero-order valence-electron chi connectivity index (χ0n) is 14.2. The molecule has 0 atom stereocenters. The van der Waals surface area contributed by atoms with Crippen LogP contribution in [0.25, 0.3) is 0 Å². The summed E-state index contributed by atoms with van der Waals surface area (Å²) >= 11 is 0. The molecule has 0 saturated heterocycles. The van der Waals surface area contributed by atoms with E-state index in [0.717, 1.165) is 12.1 Å². The third-order valence-electron chi connectivity index (χ3n) is 3.44. The van der Waals surface area contributed by atoms with E-state index in [0.29, 0.717) is 11.3 Å². The van der Waals surface area contributed by atoms with E-state index in [9.17, 15) is 22.8 Å². The lowest BCUT2D eigenvalue weighted by Crippen LogP contribution is -2.23. The highest BCUT2D eigenvalue weighted by Gasteiger charge is 2.30. The van der Waals surface area contributed by atoms with Crippen molar-refractivity contribution in [3.05, 3.63) is 59.7 Å². The predicted molar refractivity (Wildman–Crippen MR) is 93.0 cm³/mol. The number of nitrogens with one attached hydrogen (secondary N) is 2. The van der Waals surface area contributed by atoms with Crippen LogP contribution in [0.5, 0.6) is 0 Å². The summed E-state index contributed by atoms with van der Waals surface area (Å²) in [6.45, 7) is -0.215. The average Bonchev–Trinajstić information content (AvgIpc) is 2.59. The molecule has 0 aliphatic carbocycles. The lowest BCUT2D eigenvalue weighted by Gasteiger charge is -2.12. The van der Waals surface area contributed by atoms with Gasteiger partial charge in [0, 0.05) is 31.0 Å². The van der Waals surface area contributed by atoms with E-state index >= 15 is 0 Å². The van der Waals surface area contributed by atoms with E-state index in [2.05, 4.69) is 10.6 Å². The fourth-order valence-electron chi connectivity index (χ4n) is 2.18. The standard InChI is InChI=1S/C18H18F3N3O2/c1-24(2)17(26)12-5-3-8-15(9-12)23-16(25)11-22-14-7-4-6-13(10-14)18(19,20)21/h3-10,22H,11H2,1-2H3,(H,23,25). The Morgan fingerprint density at radius 1 is 1.00 bits per heavy atom. The number of carbonyl (C=O) groups excluding carboxylic acids is 2. The zero-order valence-corrected chi connectivity index (χ0v) is 14.2. The second-order valence-corrected chi connectivity index (χ2v) is 5.76. The van der Waals surface area contributed by atoms with Crippen molar-refractivity contribution in [2.45, 2.75) is 6.18 Å². The minimum Gasteiger partial charge on any atom is -0.376 e. The van der Waals surface area contributed by atoms with Crippen LogP contribution in [0.2, 0.25) is 0 Å². The van der Waals surface area contributed by atoms with Crippen LogP contribution < -0.4 is 10.6 Å². The number of carbonyl (C=O) groups is 2. The maximum Gasteiger partial charge on any atom is 0.416 e. The largest absolute Gasteiger partial charge is 0.416 e. The minimum atomic E-state index is -4.45. The van der Waals surface area contributed by atoms with Crippen LogP contribution in [0.15, 0.2) is 48.5 Å². The summed E-state index contributed by atoms with van der Waals surface area (Å²) in [5, 5.41) is 5.24. The van der Waals surface area contributed by atoms with Crippen molar-refractivity contribution in [1.82, 2.24) is 4.90 Å². The summed E-state index contributed by atoms with van der Waals surface area (Å²) in [7, 11) is 3.24. The topological polar surface area (TPSA) is 61.4 Å². The third-order valence-corrected chi connectivity index (χ3v) is 3.44. The first-order valence-corrected chi connectivity index (χ1v) is 7.69. The maximum absolute atomic E-state index is 12.7. The highest BCUT2D eigenvalue weighted by molar-refractivity contribution is 5.97. The quantitative estimate of drug-likeness (QED) is 0.853. The fourth-order valence-corrected chi connectivity index (χ4v) is 2.18. The molecule has 0 aromatic heterocycles. The van der Waals surface area contributed by atoms with Crippen molar-refractivity contribution in [2.75, 3.05) is 31.3 Å². The SMILES string of the molecule is CN(C)C(=O)c1cccc(NC(=O)CNc2cccc(C(F)(F)F)c2)c1. The van der Waals surface area contributed by atoms with Crippen molar-refractivity contribution >= 4 is 23.2 Å². The smallest absolute Gasteiger partial charge is 0.376 e. The second-order valence-electron chi connectivity index (χ2n) is 5.76. The molecule has 2 rings (SSSR count). The van der Waals surface area contributed by atoms with Gasteiger partial charge in [0.15, 0.2) is 0 Å². The van der Waals surface area contributed by atoms with Crippen LogP contribution in [0, 0.1) is 0 Å². The van der Waals surface area contributed by atoms with Gasteiger partial charge in [-0.15, -0.1) is 0 Å². The molecule has 2 N–H and O–H groups in total. The molecule has 2 amide bonds. The molecule has 0 saturated carbocycles. The Bertz CT molecular complexity index is 804. The number of hydrogen-bond acceptors (Lipinski definition) is 3. The monoisotopic (exact) mass is 365 g/mol. The van der Waals surface area contributed by atoms with E-state index in [1.54, 1.807) is 32.3 Å². The minimum absolute atomic E-state index is 0.187. The molecule has 8 heteroatoms. The number of anilines is 2. The van der Waals surface area contributed by atoms with Crippen LogP contribution in [-0.2, 0) is 11.0 Å². The van der Waals surface area contributed by atoms with Crippen molar-refractivity contribution in [1.29, 1.82) is 0 Å². The van der Waals surface area contributed by atoms with Crippen molar-refractivity contribution in [3.63, 3.8) is 0 Å². The number of nitrogens with zero attached hydrogens (tertiary/aromatic N) is 1. The molecule has 0 bridgehead atoms. The number of halogens is 3. The zero-order chi connectivity index (χ0) is 19.3. The molecular weight excluding hydrogens is 347 g/mol. The summed E-state index contributed by atoms with van der Waals surface area (Å²) < 4.78 is 38.0. The molecule has 0 spiro atoms. The van der Waals surface area contributed by atoms with Gasteiger partial charge in [-0.2, -0.15) is 13.2 Å². The predicted octanol–water partition coefficient (Wildman–Crippen LogP) is 3.46. The Balaban J connectivity index is 1.98. The van der Waals surface area contributed by atoms with Gasteiger partial charge in [0.2, 0.25) is 5.91 Å². The Hall–Kier alpha value is -3.03. The number of hydrogen-bond donors (Lipinski definition) is 2. The molecule has 5 nitrogen and oxygen atoms in total. The first kappa shape index (κ1) is 19.3. The Kier molecular flexibility index (Phi) is 5.86. The second kappa shape index (κ2) is 7.90. The summed E-state index contributed by atoms with van der Waals surface area (Å²) in [5.41, 5.74) is 0.233. The molecule has 0 aliphatic heterocycles. The first-order chi connectivity index (χ1) is 12.2. The van der Waals surface area contributed by atoms with Gasteiger partial charge in [0.1, 0.15) is 0 Å². The van der Waals surface area contributed by atoms with Crippen LogP contribution in [0.4, 0.5) is 24.5 Å². The van der Waals surface area contributed by atoms with Gasteiger partial charge in [-0.25, -0.2) is 0 Å². The van der Waals surface area contributed by atoms with Crippen molar-refractivity contribution in [2.24, 2.45) is 0 Å². The summed E-state index contributed by atoms with van der Waals surface area (Å²) in [5.74, 6) is -0.653. The maximum atomic E-state index is 12.7. The number of rotatable bonds is 5. The van der Waals surface area contributed by atoms with Gasteiger partial charge in [-0.1, -0.05) is 12.1 Å². The molecule has 0 fully saturated rings. The van der Waals surface area contributed by atoms with Crippen LogP contribution >= 0.6 is 0 Å². The summed E-state index contributed by atoms with van der Waals surface area (Å²) in [6, 6.07) is 11.0. The van der Waals surface area contributed by atoms with E-state index in [1.165, 1.54) is 23.1 Å². The lowest BCUT2D eigenvalue weighted by molar-refractivity contribution is -0.137. The molecule has 138 valence electrons. The van der Waals surface area contributed by atoms with Gasteiger partial charge in [0.05, 0.1) is 12.1 Å². The van der Waals surface area contributed by atoms with Crippen LogP contribution in [-0.4, -0.2) is 37.4 Å². The molecule has 0 heterocycles. The van der Waals surface area contributed by atoms with Gasteiger partial charge in [-0.05, 0) is 36.4 Å². The first-order valence-electron chi connectivity index (χ1n) is 7.69. The molecule has 0 unspecified atom stereocenters. The highest BCUT2D eigenvalue weighted by atomic mass is 19.4. The van der Waals surface area contributed by atoms with Gasteiger partial charge >= 0.3 is 6.18 Å². The molecule has 26 heavy (non-hydrogen) atoms.